The molecule has 1 amide bonds. The Bertz CT molecular complexity index is 596. The van der Waals surface area contributed by atoms with Gasteiger partial charge in [0.1, 0.15) is 11.5 Å². The average Bonchev–Trinajstić information content (AvgIpc) is 2.88. The highest BCUT2D eigenvalue weighted by molar-refractivity contribution is 5.92. The molecule has 0 aliphatic carbocycles. The molecule has 6 heteroatoms. The monoisotopic (exact) mass is 261 g/mol. The number of carbonyl (C=O) groups is 1. The number of aromatic amines is 1. The van der Waals surface area contributed by atoms with Crippen molar-refractivity contribution in [2.75, 3.05) is 6.54 Å². The fourth-order valence-electron chi connectivity index (χ4n) is 2.11. The van der Waals surface area contributed by atoms with Crippen LogP contribution < -0.4 is 5.32 Å². The van der Waals surface area contributed by atoms with Crippen LogP contribution in [-0.2, 0) is 13.5 Å². The number of H-pyrrole nitrogens is 1. The lowest BCUT2D eigenvalue weighted by Crippen LogP contribution is -2.26. The molecule has 2 aromatic rings. The van der Waals surface area contributed by atoms with E-state index in [1.165, 1.54) is 5.56 Å². The fourth-order valence-corrected chi connectivity index (χ4v) is 2.11. The van der Waals surface area contributed by atoms with Gasteiger partial charge in [-0.3, -0.25) is 9.48 Å². The van der Waals surface area contributed by atoms with Crippen molar-refractivity contribution in [2.24, 2.45) is 7.05 Å². The molecule has 0 radical (unpaired) electrons. The average molecular weight is 261 g/mol. The molecule has 0 saturated heterocycles. The number of nitrogens with one attached hydrogen (secondary N) is 2. The molecule has 19 heavy (non-hydrogen) atoms. The maximum Gasteiger partial charge on any atom is 0.269 e. The summed E-state index contributed by atoms with van der Waals surface area (Å²) in [5.41, 5.74) is 3.86. The van der Waals surface area contributed by atoms with E-state index in [-0.39, 0.29) is 5.91 Å². The Balaban J connectivity index is 1.92. The first-order chi connectivity index (χ1) is 8.99. The van der Waals surface area contributed by atoms with Crippen LogP contribution in [0.25, 0.3) is 0 Å². The van der Waals surface area contributed by atoms with Gasteiger partial charge in [0.15, 0.2) is 0 Å². The van der Waals surface area contributed by atoms with Gasteiger partial charge >= 0.3 is 0 Å². The third kappa shape index (κ3) is 2.83. The molecule has 0 aromatic carbocycles. The number of carbonyl (C=O) groups excluding carboxylic acids is 1. The van der Waals surface area contributed by atoms with Gasteiger partial charge in [-0.2, -0.15) is 5.10 Å². The standard InChI is InChI=1S/C13H19N5O/c1-8-11(9(2)18(4)17-8)5-6-14-13(19)12-7-15-10(3)16-12/h7H,5-6H2,1-4H3,(H,14,19)(H,15,16). The van der Waals surface area contributed by atoms with Gasteiger partial charge in [0.2, 0.25) is 0 Å². The van der Waals surface area contributed by atoms with E-state index in [2.05, 4.69) is 20.4 Å². The van der Waals surface area contributed by atoms with Crippen molar-refractivity contribution in [3.63, 3.8) is 0 Å². The number of hydrogen-bond donors (Lipinski definition) is 2. The minimum Gasteiger partial charge on any atom is -0.350 e. The van der Waals surface area contributed by atoms with Crippen LogP contribution in [0.2, 0.25) is 0 Å². The molecule has 2 N–H and O–H groups in total. The Hall–Kier alpha value is -2.11. The number of aromatic nitrogens is 4. The normalized spacial score (nSPS) is 10.7. The number of nitrogens with zero attached hydrogens (tertiary/aromatic N) is 3. The van der Waals surface area contributed by atoms with Crippen LogP contribution in [0.5, 0.6) is 0 Å². The zero-order valence-corrected chi connectivity index (χ0v) is 11.7. The fraction of sp³-hybridized carbons (Fsp3) is 0.462. The quantitative estimate of drug-likeness (QED) is 0.863. The van der Waals surface area contributed by atoms with Crippen molar-refractivity contribution < 1.29 is 4.79 Å². The highest BCUT2D eigenvalue weighted by Crippen LogP contribution is 2.11. The Morgan fingerprint density at radius 2 is 2.16 bits per heavy atom. The molecule has 2 rings (SSSR count). The predicted molar refractivity (Wildman–Crippen MR) is 72.0 cm³/mol. The number of rotatable bonds is 4. The molecule has 0 bridgehead atoms. The molecule has 0 aliphatic rings. The Labute approximate surface area is 112 Å². The summed E-state index contributed by atoms with van der Waals surface area (Å²) in [5.74, 6) is 0.615. The summed E-state index contributed by atoms with van der Waals surface area (Å²) in [4.78, 5) is 18.7. The minimum atomic E-state index is -0.125. The van der Waals surface area contributed by atoms with Crippen LogP contribution in [0.4, 0.5) is 0 Å². The lowest BCUT2D eigenvalue weighted by molar-refractivity contribution is 0.0949. The second-order valence-electron chi connectivity index (χ2n) is 4.66. The molecule has 0 unspecified atom stereocenters. The molecule has 2 aromatic heterocycles. The van der Waals surface area contributed by atoms with E-state index in [1.807, 2.05) is 32.5 Å². The summed E-state index contributed by atoms with van der Waals surface area (Å²) in [6.45, 7) is 6.43. The predicted octanol–water partition coefficient (Wildman–Crippen LogP) is 1.04. The van der Waals surface area contributed by atoms with Gasteiger partial charge in [-0.05, 0) is 32.8 Å². The van der Waals surface area contributed by atoms with Gasteiger partial charge in [-0.15, -0.1) is 0 Å². The van der Waals surface area contributed by atoms with Crippen LogP contribution in [0.1, 0.15) is 33.3 Å². The molecule has 0 atom stereocenters. The second kappa shape index (κ2) is 5.26. The summed E-state index contributed by atoms with van der Waals surface area (Å²) in [6.07, 6.45) is 2.33. The second-order valence-corrected chi connectivity index (χ2v) is 4.66. The Kier molecular flexibility index (Phi) is 3.69. The summed E-state index contributed by atoms with van der Waals surface area (Å²) in [6, 6.07) is 0. The third-order valence-corrected chi connectivity index (χ3v) is 3.27. The summed E-state index contributed by atoms with van der Waals surface area (Å²) in [7, 11) is 1.93. The highest BCUT2D eigenvalue weighted by Gasteiger charge is 2.11. The highest BCUT2D eigenvalue weighted by atomic mass is 16.1. The van der Waals surface area contributed by atoms with Gasteiger partial charge in [-0.25, -0.2) is 4.98 Å². The van der Waals surface area contributed by atoms with E-state index < -0.39 is 0 Å². The van der Waals surface area contributed by atoms with Crippen LogP contribution in [0, 0.1) is 20.8 Å². The van der Waals surface area contributed by atoms with E-state index in [9.17, 15) is 4.79 Å². The maximum atomic E-state index is 11.8. The zero-order chi connectivity index (χ0) is 14.0. The van der Waals surface area contributed by atoms with E-state index in [1.54, 1.807) is 6.20 Å². The number of imidazole rings is 1. The first kappa shape index (κ1) is 13.3. The van der Waals surface area contributed by atoms with Crippen molar-refractivity contribution in [1.82, 2.24) is 25.1 Å². The van der Waals surface area contributed by atoms with Gasteiger partial charge < -0.3 is 10.3 Å². The van der Waals surface area contributed by atoms with Crippen LogP contribution in [0.15, 0.2) is 6.20 Å². The molecule has 0 spiro atoms. The van der Waals surface area contributed by atoms with Gasteiger partial charge in [0.05, 0.1) is 11.9 Å². The molecule has 102 valence electrons. The van der Waals surface area contributed by atoms with Gasteiger partial charge in [0, 0.05) is 19.3 Å². The molecule has 0 fully saturated rings. The first-order valence-electron chi connectivity index (χ1n) is 6.28. The smallest absolute Gasteiger partial charge is 0.269 e. The maximum absolute atomic E-state index is 11.8. The van der Waals surface area contributed by atoms with Gasteiger partial charge in [0.25, 0.3) is 5.91 Å². The molecule has 2 heterocycles. The van der Waals surface area contributed by atoms with E-state index in [4.69, 9.17) is 0 Å². The SMILES string of the molecule is Cc1ncc(C(=O)NCCc2c(C)nn(C)c2C)[nH]1. The molecule has 6 nitrogen and oxygen atoms in total. The largest absolute Gasteiger partial charge is 0.350 e. The molecule has 0 saturated carbocycles. The van der Waals surface area contributed by atoms with Crippen molar-refractivity contribution >= 4 is 5.91 Å². The lowest BCUT2D eigenvalue weighted by atomic mass is 10.1. The molecular formula is C13H19N5O. The van der Waals surface area contributed by atoms with E-state index in [0.29, 0.717) is 12.2 Å². The lowest BCUT2D eigenvalue weighted by Gasteiger charge is -2.04. The van der Waals surface area contributed by atoms with Gasteiger partial charge in [-0.1, -0.05) is 0 Å². The van der Waals surface area contributed by atoms with Crippen LogP contribution >= 0.6 is 0 Å². The van der Waals surface area contributed by atoms with Crippen LogP contribution in [0.3, 0.4) is 0 Å². The number of aryl methyl sites for hydroxylation is 3. The van der Waals surface area contributed by atoms with Crippen LogP contribution in [-0.4, -0.2) is 32.2 Å². The van der Waals surface area contributed by atoms with Crippen molar-refractivity contribution in [1.29, 1.82) is 0 Å². The van der Waals surface area contributed by atoms with Crippen molar-refractivity contribution in [2.45, 2.75) is 27.2 Å². The molecule has 0 aliphatic heterocycles. The summed E-state index contributed by atoms with van der Waals surface area (Å²) >= 11 is 0. The zero-order valence-electron chi connectivity index (χ0n) is 11.7. The van der Waals surface area contributed by atoms with Crippen molar-refractivity contribution in [3.8, 4) is 0 Å². The minimum absolute atomic E-state index is 0.125. The molecular weight excluding hydrogens is 242 g/mol. The van der Waals surface area contributed by atoms with E-state index in [0.717, 1.165) is 23.6 Å². The summed E-state index contributed by atoms with van der Waals surface area (Å²) < 4.78 is 1.87. The Morgan fingerprint density at radius 1 is 1.42 bits per heavy atom. The third-order valence-electron chi connectivity index (χ3n) is 3.27. The van der Waals surface area contributed by atoms with E-state index >= 15 is 0 Å². The topological polar surface area (TPSA) is 75.6 Å². The Morgan fingerprint density at radius 3 is 2.68 bits per heavy atom. The first-order valence-corrected chi connectivity index (χ1v) is 6.28. The number of amides is 1. The number of hydrogen-bond acceptors (Lipinski definition) is 3. The summed E-state index contributed by atoms with van der Waals surface area (Å²) in [5, 5.41) is 7.23. The van der Waals surface area contributed by atoms with Crippen molar-refractivity contribution in [3.05, 3.63) is 34.7 Å².